The number of hydrogen-bond acceptors (Lipinski definition) is 1. The highest BCUT2D eigenvalue weighted by molar-refractivity contribution is 6.33. The van der Waals surface area contributed by atoms with E-state index < -0.39 is 17.6 Å². The van der Waals surface area contributed by atoms with Crippen molar-refractivity contribution in [2.24, 2.45) is 0 Å². The molecule has 0 unspecified atom stereocenters. The van der Waals surface area contributed by atoms with Gasteiger partial charge in [-0.25, -0.2) is 4.39 Å². The first-order valence-corrected chi connectivity index (χ1v) is 7.04. The number of alkyl halides is 3. The van der Waals surface area contributed by atoms with Crippen LogP contribution in [0.15, 0.2) is 42.5 Å². The van der Waals surface area contributed by atoms with Crippen molar-refractivity contribution in [1.82, 2.24) is 0 Å². The Morgan fingerprint density at radius 2 is 1.74 bits per heavy atom. The highest BCUT2D eigenvalue weighted by Crippen LogP contribution is 2.33. The van der Waals surface area contributed by atoms with Crippen molar-refractivity contribution in [3.63, 3.8) is 0 Å². The maximum atomic E-state index is 12.8. The maximum Gasteiger partial charge on any atom is 0.416 e. The molecule has 23 heavy (non-hydrogen) atoms. The monoisotopic (exact) mass is 345 g/mol. The van der Waals surface area contributed by atoms with E-state index >= 15 is 0 Å². The third kappa shape index (κ3) is 4.96. The van der Waals surface area contributed by atoms with Crippen LogP contribution in [0.4, 0.5) is 23.2 Å². The second-order valence-corrected chi connectivity index (χ2v) is 5.27. The standard InChI is InChI=1S/C16H12ClF4NO/c17-13-7-4-11(16(19,20)21)9-14(13)22-15(23)8-3-10-1-5-12(18)6-2-10/h1-2,4-7,9H,3,8H2,(H,22,23). The molecule has 0 aliphatic rings. The number of anilines is 1. The molecule has 0 heterocycles. The van der Waals surface area contributed by atoms with Gasteiger partial charge in [-0.3, -0.25) is 4.79 Å². The first-order valence-electron chi connectivity index (χ1n) is 6.67. The number of rotatable bonds is 4. The van der Waals surface area contributed by atoms with Crippen molar-refractivity contribution >= 4 is 23.2 Å². The Balaban J connectivity index is 2.01. The third-order valence-corrected chi connectivity index (χ3v) is 3.45. The molecule has 2 aromatic rings. The Labute approximate surface area is 135 Å². The zero-order chi connectivity index (χ0) is 17.0. The molecule has 0 saturated carbocycles. The largest absolute Gasteiger partial charge is 0.416 e. The van der Waals surface area contributed by atoms with Crippen LogP contribution in [0.3, 0.4) is 0 Å². The maximum absolute atomic E-state index is 12.8. The molecule has 0 spiro atoms. The van der Waals surface area contributed by atoms with Gasteiger partial charge in [0.15, 0.2) is 0 Å². The molecular weight excluding hydrogens is 334 g/mol. The predicted molar refractivity (Wildman–Crippen MR) is 79.8 cm³/mol. The van der Waals surface area contributed by atoms with Gasteiger partial charge in [0.05, 0.1) is 16.3 Å². The Hall–Kier alpha value is -2.08. The van der Waals surface area contributed by atoms with Crippen LogP contribution in [0.2, 0.25) is 5.02 Å². The molecule has 1 amide bonds. The van der Waals surface area contributed by atoms with Crippen molar-refractivity contribution in [2.75, 3.05) is 5.32 Å². The Morgan fingerprint density at radius 3 is 2.35 bits per heavy atom. The molecule has 2 nitrogen and oxygen atoms in total. The lowest BCUT2D eigenvalue weighted by Gasteiger charge is -2.11. The van der Waals surface area contributed by atoms with Gasteiger partial charge in [-0.05, 0) is 42.3 Å². The quantitative estimate of drug-likeness (QED) is 0.770. The summed E-state index contributed by atoms with van der Waals surface area (Å²) in [5, 5.41) is 2.38. The average molecular weight is 346 g/mol. The highest BCUT2D eigenvalue weighted by atomic mass is 35.5. The van der Waals surface area contributed by atoms with E-state index in [2.05, 4.69) is 5.32 Å². The number of amides is 1. The molecule has 0 atom stereocenters. The molecule has 0 aromatic heterocycles. The van der Waals surface area contributed by atoms with Gasteiger partial charge in [0, 0.05) is 6.42 Å². The van der Waals surface area contributed by atoms with E-state index in [1.165, 1.54) is 12.1 Å². The molecule has 7 heteroatoms. The molecule has 2 rings (SSSR count). The topological polar surface area (TPSA) is 29.1 Å². The molecular formula is C16H12ClF4NO. The third-order valence-electron chi connectivity index (χ3n) is 3.12. The lowest BCUT2D eigenvalue weighted by atomic mass is 10.1. The van der Waals surface area contributed by atoms with Crippen LogP contribution in [-0.4, -0.2) is 5.91 Å². The predicted octanol–water partition coefficient (Wildman–Crippen LogP) is 5.07. The minimum atomic E-state index is -4.52. The zero-order valence-electron chi connectivity index (χ0n) is 11.8. The van der Waals surface area contributed by atoms with Gasteiger partial charge in [0.25, 0.3) is 0 Å². The minimum absolute atomic E-state index is 0.0214. The van der Waals surface area contributed by atoms with E-state index in [0.29, 0.717) is 6.42 Å². The Kier molecular flexibility index (Phi) is 5.26. The fourth-order valence-corrected chi connectivity index (χ4v) is 2.08. The van der Waals surface area contributed by atoms with Crippen molar-refractivity contribution in [3.05, 3.63) is 64.4 Å². The van der Waals surface area contributed by atoms with E-state index in [-0.39, 0.29) is 22.9 Å². The minimum Gasteiger partial charge on any atom is -0.325 e. The first kappa shape index (κ1) is 17.3. The van der Waals surface area contributed by atoms with Crippen molar-refractivity contribution < 1.29 is 22.4 Å². The van der Waals surface area contributed by atoms with Gasteiger partial charge in [0.2, 0.25) is 5.91 Å². The first-order chi connectivity index (χ1) is 10.8. The molecule has 2 aromatic carbocycles. The smallest absolute Gasteiger partial charge is 0.325 e. The second kappa shape index (κ2) is 7.00. The molecule has 1 N–H and O–H groups in total. The van der Waals surface area contributed by atoms with E-state index in [9.17, 15) is 22.4 Å². The fourth-order valence-electron chi connectivity index (χ4n) is 1.92. The van der Waals surface area contributed by atoms with E-state index in [4.69, 9.17) is 11.6 Å². The summed E-state index contributed by atoms with van der Waals surface area (Å²) >= 11 is 5.80. The molecule has 0 aliphatic carbocycles. The lowest BCUT2D eigenvalue weighted by molar-refractivity contribution is -0.137. The Bertz CT molecular complexity index is 698. The molecule has 0 aliphatic heterocycles. The second-order valence-electron chi connectivity index (χ2n) is 4.87. The van der Waals surface area contributed by atoms with Gasteiger partial charge in [-0.1, -0.05) is 23.7 Å². The number of halogens is 5. The summed E-state index contributed by atoms with van der Waals surface area (Å²) < 4.78 is 50.7. The molecule has 0 saturated heterocycles. The number of carbonyl (C=O) groups excluding carboxylic acids is 1. The molecule has 0 radical (unpaired) electrons. The number of carbonyl (C=O) groups is 1. The van der Waals surface area contributed by atoms with Gasteiger partial charge in [0.1, 0.15) is 5.82 Å². The number of benzene rings is 2. The van der Waals surface area contributed by atoms with Crippen LogP contribution in [0.25, 0.3) is 0 Å². The SMILES string of the molecule is O=C(CCc1ccc(F)cc1)Nc1cc(C(F)(F)F)ccc1Cl. The summed E-state index contributed by atoms with van der Waals surface area (Å²) in [5.74, 6) is -0.857. The average Bonchev–Trinajstić information content (AvgIpc) is 2.48. The van der Waals surface area contributed by atoms with Crippen molar-refractivity contribution in [3.8, 4) is 0 Å². The lowest BCUT2D eigenvalue weighted by Crippen LogP contribution is -2.14. The van der Waals surface area contributed by atoms with E-state index in [0.717, 1.165) is 23.8 Å². The number of hydrogen-bond donors (Lipinski definition) is 1. The summed E-state index contributed by atoms with van der Waals surface area (Å²) in [5.41, 5.74) is -0.238. The summed E-state index contributed by atoms with van der Waals surface area (Å²) in [6.07, 6.45) is -4.14. The summed E-state index contributed by atoms with van der Waals surface area (Å²) in [6.45, 7) is 0. The fraction of sp³-hybridized carbons (Fsp3) is 0.188. The van der Waals surface area contributed by atoms with Crippen molar-refractivity contribution in [2.45, 2.75) is 19.0 Å². The molecule has 0 bridgehead atoms. The molecule has 0 fully saturated rings. The van der Waals surface area contributed by atoms with Gasteiger partial charge in [-0.2, -0.15) is 13.2 Å². The number of nitrogens with one attached hydrogen (secondary N) is 1. The van der Waals surface area contributed by atoms with Crippen molar-refractivity contribution in [1.29, 1.82) is 0 Å². The van der Waals surface area contributed by atoms with E-state index in [1.807, 2.05) is 0 Å². The van der Waals surface area contributed by atoms with Crippen LogP contribution >= 0.6 is 11.6 Å². The summed E-state index contributed by atoms with van der Waals surface area (Å²) in [7, 11) is 0. The van der Waals surface area contributed by atoms with Gasteiger partial charge in [-0.15, -0.1) is 0 Å². The van der Waals surface area contributed by atoms with Crippen LogP contribution in [0.5, 0.6) is 0 Å². The summed E-state index contributed by atoms with van der Waals surface area (Å²) in [6, 6.07) is 8.35. The number of aryl methyl sites for hydroxylation is 1. The van der Waals surface area contributed by atoms with Crippen LogP contribution in [-0.2, 0) is 17.4 Å². The van der Waals surface area contributed by atoms with Crippen LogP contribution in [0.1, 0.15) is 17.5 Å². The zero-order valence-corrected chi connectivity index (χ0v) is 12.5. The van der Waals surface area contributed by atoms with Crippen LogP contribution in [0, 0.1) is 5.82 Å². The summed E-state index contributed by atoms with van der Waals surface area (Å²) in [4.78, 5) is 11.8. The van der Waals surface area contributed by atoms with Crippen LogP contribution < -0.4 is 5.32 Å². The van der Waals surface area contributed by atoms with E-state index in [1.54, 1.807) is 12.1 Å². The molecule has 122 valence electrons. The van der Waals surface area contributed by atoms with Gasteiger partial charge >= 0.3 is 6.18 Å². The van der Waals surface area contributed by atoms with Gasteiger partial charge < -0.3 is 5.32 Å². The normalized spacial score (nSPS) is 11.3. The Morgan fingerprint density at radius 1 is 1.09 bits per heavy atom. The highest BCUT2D eigenvalue weighted by Gasteiger charge is 2.31.